The lowest BCUT2D eigenvalue weighted by atomic mass is 9.97. The van der Waals surface area contributed by atoms with Gasteiger partial charge in [0.2, 0.25) is 11.9 Å². The van der Waals surface area contributed by atoms with Crippen LogP contribution in [0, 0.1) is 0 Å². The number of nitrogens with two attached hydrogens (primary N) is 1. The van der Waals surface area contributed by atoms with Crippen molar-refractivity contribution in [1.29, 1.82) is 0 Å². The molecule has 0 saturated carbocycles. The van der Waals surface area contributed by atoms with Crippen LogP contribution in [0.2, 0.25) is 5.02 Å². The average Bonchev–Trinajstić information content (AvgIpc) is 3.14. The van der Waals surface area contributed by atoms with E-state index >= 15 is 0 Å². The lowest BCUT2D eigenvalue weighted by Gasteiger charge is -2.46. The number of H-pyrrole nitrogens is 1. The number of rotatable bonds is 6. The van der Waals surface area contributed by atoms with E-state index in [0.717, 1.165) is 6.07 Å². The number of nitrogens with zero attached hydrogens (tertiary/aromatic N) is 3. The van der Waals surface area contributed by atoms with E-state index in [9.17, 15) is 18.0 Å². The third-order valence-corrected chi connectivity index (χ3v) is 6.14. The van der Waals surface area contributed by atoms with Gasteiger partial charge >= 0.3 is 12.1 Å². The number of nitrogens with one attached hydrogen (secondary N) is 2. The van der Waals surface area contributed by atoms with Gasteiger partial charge < -0.3 is 15.8 Å². The molecule has 1 aliphatic rings. The topological polar surface area (TPSA) is 109 Å². The van der Waals surface area contributed by atoms with Gasteiger partial charge in [-0.1, -0.05) is 35.9 Å². The Balaban J connectivity index is 1.48. The molecule has 0 spiro atoms. The second-order valence-electron chi connectivity index (χ2n) is 9.61. The zero-order chi connectivity index (χ0) is 26.3. The minimum absolute atomic E-state index is 0.00805. The Morgan fingerprint density at radius 1 is 1.22 bits per heavy atom. The van der Waals surface area contributed by atoms with E-state index in [0.29, 0.717) is 18.7 Å². The van der Waals surface area contributed by atoms with Crippen molar-refractivity contribution in [1.82, 2.24) is 20.1 Å². The molecule has 0 unspecified atom stereocenters. The van der Waals surface area contributed by atoms with Crippen molar-refractivity contribution in [2.45, 2.75) is 45.0 Å². The number of carbonyl (C=O) groups is 1. The molecule has 4 N–H and O–H groups in total. The zero-order valence-corrected chi connectivity index (χ0v) is 20.7. The number of benzene rings is 2. The van der Waals surface area contributed by atoms with E-state index in [4.69, 9.17) is 22.1 Å². The smallest absolute Gasteiger partial charge is 0.417 e. The summed E-state index contributed by atoms with van der Waals surface area (Å²) in [6.07, 6.45) is -4.81. The highest BCUT2D eigenvalue weighted by molar-refractivity contribution is 6.34. The summed E-state index contributed by atoms with van der Waals surface area (Å²) in [5, 5.41) is 8.68. The second-order valence-corrected chi connectivity index (χ2v) is 10.0. The highest BCUT2D eigenvalue weighted by Crippen LogP contribution is 2.43. The lowest BCUT2D eigenvalue weighted by Crippen LogP contribution is -2.60. The number of aromatic amines is 1. The predicted octanol–water partition coefficient (Wildman–Crippen LogP) is 5.04. The molecule has 1 fully saturated rings. The molecule has 0 radical (unpaired) electrons. The van der Waals surface area contributed by atoms with Crippen LogP contribution < -0.4 is 11.1 Å². The van der Waals surface area contributed by atoms with Gasteiger partial charge in [-0.2, -0.15) is 18.2 Å². The number of hydrogen-bond acceptors (Lipinski definition) is 7. The molecule has 192 valence electrons. The van der Waals surface area contributed by atoms with Gasteiger partial charge in [-0.05, 0) is 44.0 Å². The average molecular weight is 523 g/mol. The van der Waals surface area contributed by atoms with Crippen LogP contribution in [0.3, 0.4) is 0 Å². The third-order valence-electron chi connectivity index (χ3n) is 5.84. The van der Waals surface area contributed by atoms with Crippen molar-refractivity contribution in [2.75, 3.05) is 24.1 Å². The molecule has 12 heteroatoms. The lowest BCUT2D eigenvalue weighted by molar-refractivity contribution is -0.160. The first-order valence-electron chi connectivity index (χ1n) is 11.2. The Hall–Kier alpha value is -3.31. The molecule has 4 rings (SSSR count). The summed E-state index contributed by atoms with van der Waals surface area (Å²) in [6, 6.07) is 8.48. The van der Waals surface area contributed by atoms with Gasteiger partial charge in [0.25, 0.3) is 0 Å². The van der Waals surface area contributed by atoms with Crippen LogP contribution in [0.1, 0.15) is 31.9 Å². The minimum Gasteiger partial charge on any atom is -0.459 e. The predicted molar refractivity (Wildman–Crippen MR) is 131 cm³/mol. The Bertz CT molecular complexity index is 1250. The highest BCUT2D eigenvalue weighted by atomic mass is 35.5. The third kappa shape index (κ3) is 5.90. The molecule has 2 aromatic carbocycles. The van der Waals surface area contributed by atoms with Gasteiger partial charge in [0.1, 0.15) is 6.10 Å². The van der Waals surface area contributed by atoms with E-state index in [1.54, 1.807) is 12.1 Å². The van der Waals surface area contributed by atoms with Gasteiger partial charge in [0.15, 0.2) is 0 Å². The fraction of sp³-hybridized carbons (Fsp3) is 0.375. The fourth-order valence-electron chi connectivity index (χ4n) is 3.90. The van der Waals surface area contributed by atoms with Gasteiger partial charge in [-0.15, -0.1) is 5.10 Å². The molecule has 1 aliphatic heterocycles. The van der Waals surface area contributed by atoms with Crippen molar-refractivity contribution in [3.05, 3.63) is 52.5 Å². The van der Waals surface area contributed by atoms with Gasteiger partial charge in [0.05, 0.1) is 17.0 Å². The maximum atomic E-state index is 13.9. The SMILES string of the molecule is CC(C)(C)N1CC(OC(=O)Cc2ccc(-c3c(Cl)cc(Nc4n[nH]c(N)n4)cc3C(F)(F)F)cc2)C1. The summed E-state index contributed by atoms with van der Waals surface area (Å²) in [4.78, 5) is 18.3. The van der Waals surface area contributed by atoms with E-state index < -0.39 is 11.7 Å². The molecule has 2 heterocycles. The first-order chi connectivity index (χ1) is 16.8. The van der Waals surface area contributed by atoms with Crippen LogP contribution in [-0.4, -0.2) is 50.8 Å². The number of esters is 1. The molecule has 0 atom stereocenters. The van der Waals surface area contributed by atoms with Gasteiger partial charge in [-0.25, -0.2) is 5.10 Å². The number of hydrogen-bond donors (Lipinski definition) is 3. The molecule has 8 nitrogen and oxygen atoms in total. The monoisotopic (exact) mass is 522 g/mol. The van der Waals surface area contributed by atoms with Crippen LogP contribution >= 0.6 is 11.6 Å². The Morgan fingerprint density at radius 3 is 2.44 bits per heavy atom. The highest BCUT2D eigenvalue weighted by Gasteiger charge is 2.37. The molecule has 0 bridgehead atoms. The molecule has 0 aliphatic carbocycles. The summed E-state index contributed by atoms with van der Waals surface area (Å²) in [6.45, 7) is 7.65. The molecule has 3 aromatic rings. The number of ether oxygens (including phenoxy) is 1. The van der Waals surface area contributed by atoms with E-state index in [1.165, 1.54) is 18.2 Å². The summed E-state index contributed by atoms with van der Waals surface area (Å²) in [5.41, 5.74) is 5.31. The maximum absolute atomic E-state index is 13.9. The quantitative estimate of drug-likeness (QED) is 0.389. The normalized spacial score (nSPS) is 15.0. The van der Waals surface area contributed by atoms with Crippen molar-refractivity contribution in [3.8, 4) is 11.1 Å². The Labute approximate surface area is 211 Å². The fourth-order valence-corrected chi connectivity index (χ4v) is 4.23. The van der Waals surface area contributed by atoms with Gasteiger partial charge in [0, 0.05) is 29.9 Å². The number of likely N-dealkylation sites (tertiary alicyclic amines) is 1. The number of alkyl halides is 3. The molecule has 36 heavy (non-hydrogen) atoms. The van der Waals surface area contributed by atoms with Crippen LogP contribution in [0.15, 0.2) is 36.4 Å². The molecular weight excluding hydrogens is 497 g/mol. The van der Waals surface area contributed by atoms with E-state index in [1.807, 2.05) is 0 Å². The summed E-state index contributed by atoms with van der Waals surface area (Å²) >= 11 is 6.30. The van der Waals surface area contributed by atoms with Crippen LogP contribution in [0.25, 0.3) is 11.1 Å². The van der Waals surface area contributed by atoms with Crippen LogP contribution in [0.4, 0.5) is 30.8 Å². The summed E-state index contributed by atoms with van der Waals surface area (Å²) in [7, 11) is 0. The Morgan fingerprint density at radius 2 is 1.89 bits per heavy atom. The zero-order valence-electron chi connectivity index (χ0n) is 19.9. The first kappa shape index (κ1) is 25.8. The molecule has 1 aromatic heterocycles. The van der Waals surface area contributed by atoms with Crippen molar-refractivity contribution >= 4 is 35.2 Å². The molecule has 0 amide bonds. The summed E-state index contributed by atoms with van der Waals surface area (Å²) in [5.74, 6) is -0.355. The number of aromatic nitrogens is 3. The number of halogens is 4. The molecular formula is C24H26ClF3N6O2. The number of anilines is 3. The molecule has 1 saturated heterocycles. The largest absolute Gasteiger partial charge is 0.459 e. The van der Waals surface area contributed by atoms with Crippen LogP contribution in [-0.2, 0) is 22.1 Å². The van der Waals surface area contributed by atoms with E-state index in [2.05, 4.69) is 46.2 Å². The van der Waals surface area contributed by atoms with Crippen LogP contribution in [0.5, 0.6) is 0 Å². The second kappa shape index (κ2) is 9.62. The van der Waals surface area contributed by atoms with Crippen molar-refractivity contribution < 1.29 is 22.7 Å². The van der Waals surface area contributed by atoms with E-state index in [-0.39, 0.29) is 57.8 Å². The minimum atomic E-state index is -4.68. The number of carbonyl (C=O) groups excluding carboxylic acids is 1. The number of nitrogen functional groups attached to an aromatic ring is 1. The maximum Gasteiger partial charge on any atom is 0.417 e. The summed E-state index contributed by atoms with van der Waals surface area (Å²) < 4.78 is 47.3. The Kier molecular flexibility index (Phi) is 6.89. The first-order valence-corrected chi connectivity index (χ1v) is 11.6. The van der Waals surface area contributed by atoms with Crippen molar-refractivity contribution in [2.24, 2.45) is 0 Å². The van der Waals surface area contributed by atoms with Gasteiger partial charge in [-0.3, -0.25) is 9.69 Å². The standard InChI is InChI=1S/C24H26ClF3N6O2/c1-23(2,3)34-11-16(12-34)36-19(35)8-13-4-6-14(7-5-13)20-17(24(26,27)28)9-15(10-18(20)25)30-22-31-21(29)32-33-22/h4-7,9-10,16H,8,11-12H2,1-3H3,(H4,29,30,31,32,33). The van der Waals surface area contributed by atoms with Crippen molar-refractivity contribution in [3.63, 3.8) is 0 Å².